The van der Waals surface area contributed by atoms with Crippen LogP contribution >= 0.6 is 0 Å². The van der Waals surface area contributed by atoms with Gasteiger partial charge in [0.05, 0.1) is 7.11 Å². The van der Waals surface area contributed by atoms with Gasteiger partial charge in [0.2, 0.25) is 11.7 Å². The Hall–Kier alpha value is -2.63. The number of primary amides is 1. The summed E-state index contributed by atoms with van der Waals surface area (Å²) in [6.45, 7) is 13.3. The van der Waals surface area contributed by atoms with Gasteiger partial charge in [-0.15, -0.1) is 0 Å². The lowest BCUT2D eigenvalue weighted by atomic mass is 9.34. The lowest BCUT2D eigenvalue weighted by molar-refractivity contribution is -0.167. The maximum absolute atomic E-state index is 13.3. The second kappa shape index (κ2) is 8.43. The number of nitrogens with two attached hydrogens (primary N) is 1. The smallest absolute Gasteiger partial charge is 0.343 e. The van der Waals surface area contributed by atoms with E-state index < -0.39 is 11.4 Å². The number of carbonyl (C=O) groups is 3. The Kier molecular flexibility index (Phi) is 5.98. The molecule has 6 heteroatoms. The summed E-state index contributed by atoms with van der Waals surface area (Å²) in [5.74, 6) is -0.255. The molecule has 38 heavy (non-hydrogen) atoms. The molecule has 206 valence electrons. The molecular formula is C32H43NO5. The van der Waals surface area contributed by atoms with Crippen molar-refractivity contribution < 1.29 is 23.9 Å². The van der Waals surface area contributed by atoms with Crippen molar-refractivity contribution in [2.75, 3.05) is 13.7 Å². The predicted octanol–water partition coefficient (Wildman–Crippen LogP) is 5.73. The summed E-state index contributed by atoms with van der Waals surface area (Å²) >= 11 is 0. The van der Waals surface area contributed by atoms with Crippen molar-refractivity contribution in [1.82, 2.24) is 0 Å². The molecular weight excluding hydrogens is 478 g/mol. The fourth-order valence-corrected chi connectivity index (χ4v) is 9.04. The molecule has 5 rings (SSSR count). The van der Waals surface area contributed by atoms with Crippen molar-refractivity contribution in [2.45, 2.75) is 86.5 Å². The minimum atomic E-state index is -0.515. The zero-order valence-corrected chi connectivity index (χ0v) is 24.1. The minimum absolute atomic E-state index is 0.0206. The molecule has 3 fully saturated rings. The largest absolute Gasteiger partial charge is 0.477 e. The highest BCUT2D eigenvalue weighted by atomic mass is 16.6. The summed E-state index contributed by atoms with van der Waals surface area (Å²) in [6.07, 6.45) is 13.1. The van der Waals surface area contributed by atoms with Crippen molar-refractivity contribution in [3.8, 4) is 0 Å². The number of hydrogen-bond acceptors (Lipinski definition) is 5. The maximum atomic E-state index is 13.3. The van der Waals surface area contributed by atoms with Gasteiger partial charge in [0.1, 0.15) is 0 Å². The van der Waals surface area contributed by atoms with Crippen LogP contribution in [-0.2, 0) is 23.9 Å². The van der Waals surface area contributed by atoms with Crippen LogP contribution in [0.3, 0.4) is 0 Å². The Bertz CT molecular complexity index is 1250. The van der Waals surface area contributed by atoms with E-state index >= 15 is 0 Å². The number of esters is 1. The zero-order chi connectivity index (χ0) is 27.9. The van der Waals surface area contributed by atoms with Crippen molar-refractivity contribution >= 4 is 17.7 Å². The first-order valence-electron chi connectivity index (χ1n) is 14.1. The molecule has 0 aromatic rings. The highest BCUT2D eigenvalue weighted by Crippen LogP contribution is 2.75. The van der Waals surface area contributed by atoms with Gasteiger partial charge in [-0.05, 0) is 91.3 Å². The van der Waals surface area contributed by atoms with E-state index in [9.17, 15) is 14.4 Å². The number of ether oxygens (including phenoxy) is 2. The molecule has 0 aliphatic heterocycles. The Balaban J connectivity index is 1.57. The van der Waals surface area contributed by atoms with Crippen LogP contribution in [-0.4, -0.2) is 31.4 Å². The summed E-state index contributed by atoms with van der Waals surface area (Å²) in [5, 5.41) is 0. The van der Waals surface area contributed by atoms with Gasteiger partial charge in [-0.2, -0.15) is 0 Å². The van der Waals surface area contributed by atoms with Crippen LogP contribution in [0, 0.1) is 33.0 Å². The van der Waals surface area contributed by atoms with E-state index in [4.69, 9.17) is 10.5 Å². The number of fused-ring (bicyclic) bond motifs is 7. The number of rotatable bonds is 4. The first-order chi connectivity index (χ1) is 17.7. The quantitative estimate of drug-likeness (QED) is 0.477. The third-order valence-electron chi connectivity index (χ3n) is 12.0. The van der Waals surface area contributed by atoms with Gasteiger partial charge in [-0.1, -0.05) is 52.3 Å². The summed E-state index contributed by atoms with van der Waals surface area (Å²) in [6, 6.07) is 0. The minimum Gasteiger partial charge on any atom is -0.477 e. The van der Waals surface area contributed by atoms with E-state index in [1.165, 1.54) is 12.7 Å². The zero-order valence-electron chi connectivity index (χ0n) is 24.1. The van der Waals surface area contributed by atoms with Crippen LogP contribution in [0.15, 0.2) is 46.3 Å². The van der Waals surface area contributed by atoms with Crippen molar-refractivity contribution in [3.63, 3.8) is 0 Å². The van der Waals surface area contributed by atoms with E-state index in [1.54, 1.807) is 6.08 Å². The third kappa shape index (κ3) is 3.47. The highest BCUT2D eigenvalue weighted by Gasteiger charge is 2.67. The molecule has 0 aromatic heterocycles. The number of hydrogen-bond donors (Lipinski definition) is 1. The van der Waals surface area contributed by atoms with Crippen molar-refractivity contribution in [2.24, 2.45) is 38.7 Å². The molecule has 6 nitrogen and oxygen atoms in total. The van der Waals surface area contributed by atoms with Crippen molar-refractivity contribution in [1.29, 1.82) is 0 Å². The average Bonchev–Trinajstić information content (AvgIpc) is 2.86. The van der Waals surface area contributed by atoms with Crippen LogP contribution in [0.1, 0.15) is 86.5 Å². The molecule has 2 N–H and O–H groups in total. The lowest BCUT2D eigenvalue weighted by Gasteiger charge is -2.70. The summed E-state index contributed by atoms with van der Waals surface area (Å²) in [5.41, 5.74) is 9.65. The SMILES string of the molecule is COC(=O)COC1=C(C)C2=CC=C3[C@@](C)(CC[C@@]4(C)[C@@H]5C[C@](C)(C(N)=O)CC[C@]5(C)CC[C@]34C)C2=CC1=O. The molecule has 5 aliphatic rings. The van der Waals surface area contributed by atoms with Gasteiger partial charge < -0.3 is 15.2 Å². The molecule has 3 saturated carbocycles. The molecule has 6 atom stereocenters. The maximum Gasteiger partial charge on any atom is 0.343 e. The second-order valence-electron chi connectivity index (χ2n) is 13.8. The van der Waals surface area contributed by atoms with E-state index in [2.05, 4.69) is 51.5 Å². The topological polar surface area (TPSA) is 95.7 Å². The normalized spacial score (nSPS) is 41.9. The monoisotopic (exact) mass is 521 g/mol. The van der Waals surface area contributed by atoms with Crippen LogP contribution < -0.4 is 5.73 Å². The molecule has 1 amide bonds. The number of allylic oxidation sites excluding steroid dienone is 7. The molecule has 0 heterocycles. The molecule has 0 spiro atoms. The highest BCUT2D eigenvalue weighted by molar-refractivity contribution is 6.07. The summed E-state index contributed by atoms with van der Waals surface area (Å²) < 4.78 is 10.3. The number of ketones is 1. The molecule has 0 saturated heterocycles. The molecule has 0 unspecified atom stereocenters. The number of carbonyl (C=O) groups excluding carboxylic acids is 3. The number of methoxy groups -OCH3 is 1. The van der Waals surface area contributed by atoms with Crippen LogP contribution in [0.2, 0.25) is 0 Å². The second-order valence-corrected chi connectivity index (χ2v) is 13.8. The summed E-state index contributed by atoms with van der Waals surface area (Å²) in [7, 11) is 1.30. The first-order valence-corrected chi connectivity index (χ1v) is 14.1. The Morgan fingerprint density at radius 3 is 2.34 bits per heavy atom. The van der Waals surface area contributed by atoms with Gasteiger partial charge in [-0.3, -0.25) is 9.59 Å². The fraction of sp³-hybridized carbons (Fsp3) is 0.656. The van der Waals surface area contributed by atoms with Crippen LogP contribution in [0.25, 0.3) is 0 Å². The Morgan fingerprint density at radius 2 is 1.68 bits per heavy atom. The van der Waals surface area contributed by atoms with E-state index in [0.29, 0.717) is 5.92 Å². The van der Waals surface area contributed by atoms with Gasteiger partial charge in [0.25, 0.3) is 0 Å². The van der Waals surface area contributed by atoms with E-state index in [1.807, 2.05) is 6.92 Å². The standard InChI is InChI=1S/C32H43NO5/c1-19-20-8-9-23-30(4,21(20)16-22(34)26(19)38-18-25(35)37-7)13-15-32(6)24-17-29(3,27(33)36)11-10-28(24,2)12-14-31(23,32)5/h8-9,16,24H,10-15,17-18H2,1-7H3,(H2,33,36)/t24-,28-,29-,30+,31-,32+/m1/s1. The molecule has 0 aromatic carbocycles. The van der Waals surface area contributed by atoms with Crippen LogP contribution in [0.5, 0.6) is 0 Å². The first kappa shape index (κ1) is 27.0. The van der Waals surface area contributed by atoms with E-state index in [-0.39, 0.29) is 45.7 Å². The lowest BCUT2D eigenvalue weighted by Crippen LogP contribution is -2.62. The third-order valence-corrected chi connectivity index (χ3v) is 12.0. The van der Waals surface area contributed by atoms with Gasteiger partial charge >= 0.3 is 5.97 Å². The van der Waals surface area contributed by atoms with Gasteiger partial charge in [-0.25, -0.2) is 4.79 Å². The predicted molar refractivity (Wildman–Crippen MR) is 145 cm³/mol. The van der Waals surface area contributed by atoms with E-state index in [0.717, 1.165) is 61.7 Å². The molecule has 5 aliphatic carbocycles. The number of amides is 1. The molecule has 0 radical (unpaired) electrons. The average molecular weight is 522 g/mol. The van der Waals surface area contributed by atoms with Gasteiger partial charge in [0.15, 0.2) is 12.4 Å². The Labute approximate surface area is 226 Å². The van der Waals surface area contributed by atoms with Crippen molar-refractivity contribution in [3.05, 3.63) is 46.3 Å². The van der Waals surface area contributed by atoms with Gasteiger partial charge in [0, 0.05) is 16.4 Å². The molecule has 0 bridgehead atoms. The summed E-state index contributed by atoms with van der Waals surface area (Å²) in [4.78, 5) is 37.5. The fourth-order valence-electron chi connectivity index (χ4n) is 9.04. The van der Waals surface area contributed by atoms with Crippen LogP contribution in [0.4, 0.5) is 0 Å². The Morgan fingerprint density at radius 1 is 1.00 bits per heavy atom.